The summed E-state index contributed by atoms with van der Waals surface area (Å²) in [6.45, 7) is 10.1. The average molecular weight is 356 g/mol. The van der Waals surface area contributed by atoms with Gasteiger partial charge < -0.3 is 9.42 Å². The second kappa shape index (κ2) is 8.45. The van der Waals surface area contributed by atoms with Crippen molar-refractivity contribution >= 4 is 5.91 Å². The number of hydrogen-bond donors (Lipinski definition) is 0. The number of carbonyl (C=O) groups excluding carboxylic acids is 1. The molecule has 1 aliphatic rings. The van der Waals surface area contributed by atoms with Crippen molar-refractivity contribution in [2.75, 3.05) is 26.2 Å². The molecule has 140 valence electrons. The van der Waals surface area contributed by atoms with Crippen LogP contribution in [0.25, 0.3) is 11.4 Å². The van der Waals surface area contributed by atoms with E-state index < -0.39 is 0 Å². The summed E-state index contributed by atoms with van der Waals surface area (Å²) in [7, 11) is 0. The van der Waals surface area contributed by atoms with Crippen LogP contribution >= 0.6 is 0 Å². The van der Waals surface area contributed by atoms with Gasteiger partial charge in [0.15, 0.2) is 0 Å². The van der Waals surface area contributed by atoms with Crippen LogP contribution in [0.15, 0.2) is 28.8 Å². The van der Waals surface area contributed by atoms with Crippen LogP contribution in [0.5, 0.6) is 0 Å². The van der Waals surface area contributed by atoms with Crippen molar-refractivity contribution in [2.24, 2.45) is 5.92 Å². The minimum Gasteiger partial charge on any atom is -0.343 e. The Labute approximate surface area is 155 Å². The summed E-state index contributed by atoms with van der Waals surface area (Å²) in [6, 6.07) is 8.04. The zero-order valence-electron chi connectivity index (χ0n) is 15.9. The number of benzene rings is 1. The molecule has 2 heterocycles. The summed E-state index contributed by atoms with van der Waals surface area (Å²) in [5.74, 6) is 1.73. The van der Waals surface area contributed by atoms with E-state index in [1.54, 1.807) is 0 Å². The molecule has 1 fully saturated rings. The van der Waals surface area contributed by atoms with E-state index in [0.29, 0.717) is 24.2 Å². The van der Waals surface area contributed by atoms with Gasteiger partial charge in [-0.05, 0) is 52.3 Å². The molecule has 0 saturated carbocycles. The summed E-state index contributed by atoms with van der Waals surface area (Å²) in [6.07, 6.45) is 1.79. The third-order valence-electron chi connectivity index (χ3n) is 5.22. The van der Waals surface area contributed by atoms with E-state index in [0.717, 1.165) is 50.1 Å². The second-order valence-electron chi connectivity index (χ2n) is 6.89. The maximum Gasteiger partial charge on any atom is 0.241 e. The van der Waals surface area contributed by atoms with Crippen LogP contribution in [0.3, 0.4) is 0 Å². The van der Waals surface area contributed by atoms with Crippen LogP contribution in [0.2, 0.25) is 0 Å². The van der Waals surface area contributed by atoms with Crippen LogP contribution in [0.1, 0.15) is 38.1 Å². The van der Waals surface area contributed by atoms with Gasteiger partial charge in [-0.1, -0.05) is 29.4 Å². The molecular formula is C20H28N4O2. The van der Waals surface area contributed by atoms with E-state index in [1.807, 2.05) is 49.9 Å². The summed E-state index contributed by atoms with van der Waals surface area (Å²) < 4.78 is 5.45. The standard InChI is InChI=1S/C20H28N4O2/c1-4-24(5-2)20(25)16-10-12-23(13-11-16)14-18-21-19(22-26-18)17-9-7-6-8-15(17)3/h6-9,16H,4-5,10-14H2,1-3H3. The number of aryl methyl sites for hydroxylation is 1. The molecule has 1 amide bonds. The van der Waals surface area contributed by atoms with E-state index in [-0.39, 0.29) is 5.92 Å². The molecule has 1 aromatic carbocycles. The fourth-order valence-corrected chi connectivity index (χ4v) is 3.58. The fourth-order valence-electron chi connectivity index (χ4n) is 3.58. The summed E-state index contributed by atoms with van der Waals surface area (Å²) in [5, 5.41) is 4.13. The zero-order valence-corrected chi connectivity index (χ0v) is 15.9. The Balaban J connectivity index is 1.56. The van der Waals surface area contributed by atoms with E-state index in [2.05, 4.69) is 15.0 Å². The van der Waals surface area contributed by atoms with Gasteiger partial charge in [0.2, 0.25) is 17.6 Å². The molecule has 26 heavy (non-hydrogen) atoms. The van der Waals surface area contributed by atoms with Crippen molar-refractivity contribution in [1.29, 1.82) is 0 Å². The normalized spacial score (nSPS) is 16.0. The van der Waals surface area contributed by atoms with Crippen molar-refractivity contribution < 1.29 is 9.32 Å². The number of amides is 1. The van der Waals surface area contributed by atoms with Gasteiger partial charge in [-0.3, -0.25) is 9.69 Å². The number of likely N-dealkylation sites (tertiary alicyclic amines) is 1. The summed E-state index contributed by atoms with van der Waals surface area (Å²) >= 11 is 0. The Morgan fingerprint density at radius 2 is 1.92 bits per heavy atom. The molecule has 0 spiro atoms. The van der Waals surface area contributed by atoms with Gasteiger partial charge in [0.1, 0.15) is 0 Å². The average Bonchev–Trinajstić information content (AvgIpc) is 3.12. The first kappa shape index (κ1) is 18.6. The van der Waals surface area contributed by atoms with Crippen molar-refractivity contribution in [3.8, 4) is 11.4 Å². The molecule has 0 atom stereocenters. The van der Waals surface area contributed by atoms with Crippen LogP contribution in [0.4, 0.5) is 0 Å². The van der Waals surface area contributed by atoms with E-state index >= 15 is 0 Å². The number of piperidine rings is 1. The molecule has 0 bridgehead atoms. The minimum atomic E-state index is 0.149. The van der Waals surface area contributed by atoms with E-state index in [9.17, 15) is 4.79 Å². The van der Waals surface area contributed by atoms with Gasteiger partial charge in [0.25, 0.3) is 0 Å². The number of nitrogens with zero attached hydrogens (tertiary/aromatic N) is 4. The number of rotatable bonds is 6. The summed E-state index contributed by atoms with van der Waals surface area (Å²) in [4.78, 5) is 21.3. The van der Waals surface area contributed by atoms with Crippen molar-refractivity contribution in [2.45, 2.75) is 40.2 Å². The van der Waals surface area contributed by atoms with Gasteiger partial charge in [0.05, 0.1) is 6.54 Å². The van der Waals surface area contributed by atoms with Gasteiger partial charge in [-0.25, -0.2) is 0 Å². The third-order valence-corrected chi connectivity index (χ3v) is 5.22. The second-order valence-corrected chi connectivity index (χ2v) is 6.89. The fraction of sp³-hybridized carbons (Fsp3) is 0.550. The number of aromatic nitrogens is 2. The Morgan fingerprint density at radius 1 is 1.23 bits per heavy atom. The monoisotopic (exact) mass is 356 g/mol. The summed E-state index contributed by atoms with van der Waals surface area (Å²) in [5.41, 5.74) is 2.14. The maximum atomic E-state index is 12.5. The maximum absolute atomic E-state index is 12.5. The van der Waals surface area contributed by atoms with Crippen LogP contribution in [-0.2, 0) is 11.3 Å². The Bertz CT molecular complexity index is 731. The largest absolute Gasteiger partial charge is 0.343 e. The Kier molecular flexibility index (Phi) is 6.04. The van der Waals surface area contributed by atoms with Gasteiger partial charge in [0, 0.05) is 24.6 Å². The van der Waals surface area contributed by atoms with Crippen molar-refractivity contribution in [3.05, 3.63) is 35.7 Å². The lowest BCUT2D eigenvalue weighted by Crippen LogP contribution is -2.42. The van der Waals surface area contributed by atoms with Crippen LogP contribution in [0, 0.1) is 12.8 Å². The quantitative estimate of drug-likeness (QED) is 0.796. The molecule has 3 rings (SSSR count). The molecule has 2 aromatic rings. The van der Waals surface area contributed by atoms with Crippen molar-refractivity contribution in [3.63, 3.8) is 0 Å². The van der Waals surface area contributed by atoms with Gasteiger partial charge in [-0.15, -0.1) is 0 Å². The first-order chi connectivity index (χ1) is 12.6. The molecular weight excluding hydrogens is 328 g/mol. The molecule has 1 aliphatic heterocycles. The lowest BCUT2D eigenvalue weighted by molar-refractivity contribution is -0.136. The van der Waals surface area contributed by atoms with Crippen LogP contribution < -0.4 is 0 Å². The molecule has 1 aromatic heterocycles. The van der Waals surface area contributed by atoms with Gasteiger partial charge in [-0.2, -0.15) is 4.98 Å². The number of carbonyl (C=O) groups is 1. The predicted octanol–water partition coefficient (Wildman–Crippen LogP) is 3.13. The first-order valence-corrected chi connectivity index (χ1v) is 9.52. The first-order valence-electron chi connectivity index (χ1n) is 9.52. The smallest absolute Gasteiger partial charge is 0.241 e. The third kappa shape index (κ3) is 4.12. The Hall–Kier alpha value is -2.21. The molecule has 6 heteroatoms. The van der Waals surface area contributed by atoms with Gasteiger partial charge >= 0.3 is 0 Å². The van der Waals surface area contributed by atoms with E-state index in [1.165, 1.54) is 0 Å². The highest BCUT2D eigenvalue weighted by Crippen LogP contribution is 2.23. The highest BCUT2D eigenvalue weighted by molar-refractivity contribution is 5.78. The van der Waals surface area contributed by atoms with Crippen LogP contribution in [-0.4, -0.2) is 52.0 Å². The SMILES string of the molecule is CCN(CC)C(=O)C1CCN(Cc2nc(-c3ccccc3C)no2)CC1. The molecule has 0 radical (unpaired) electrons. The highest BCUT2D eigenvalue weighted by atomic mass is 16.5. The predicted molar refractivity (Wildman–Crippen MR) is 100 cm³/mol. The molecule has 0 unspecified atom stereocenters. The zero-order chi connectivity index (χ0) is 18.5. The van der Waals surface area contributed by atoms with Crippen molar-refractivity contribution in [1.82, 2.24) is 19.9 Å². The molecule has 0 N–H and O–H groups in total. The lowest BCUT2D eigenvalue weighted by Gasteiger charge is -2.32. The Morgan fingerprint density at radius 3 is 2.58 bits per heavy atom. The highest BCUT2D eigenvalue weighted by Gasteiger charge is 2.28. The molecule has 1 saturated heterocycles. The van der Waals surface area contributed by atoms with E-state index in [4.69, 9.17) is 4.52 Å². The molecule has 0 aliphatic carbocycles. The lowest BCUT2D eigenvalue weighted by atomic mass is 9.95. The minimum absolute atomic E-state index is 0.149. The molecule has 6 nitrogen and oxygen atoms in total. The number of hydrogen-bond acceptors (Lipinski definition) is 5. The topological polar surface area (TPSA) is 62.5 Å².